The van der Waals surface area contributed by atoms with Crippen LogP contribution in [0.25, 0.3) is 11.4 Å². The van der Waals surface area contributed by atoms with Crippen molar-refractivity contribution in [2.24, 2.45) is 0 Å². The number of hydrogen-bond acceptors (Lipinski definition) is 3. The monoisotopic (exact) mass is 461 g/mol. The van der Waals surface area contributed by atoms with Crippen LogP contribution >= 0.6 is 38.5 Å². The lowest BCUT2D eigenvalue weighted by Crippen LogP contribution is -2.08. The van der Waals surface area contributed by atoms with Crippen LogP contribution in [0.15, 0.2) is 22.7 Å². The summed E-state index contributed by atoms with van der Waals surface area (Å²) in [5, 5.41) is 0. The molecule has 3 rings (SSSR count). The molecule has 1 heterocycles. The third-order valence-electron chi connectivity index (χ3n) is 3.82. The van der Waals surface area contributed by atoms with Gasteiger partial charge in [0, 0.05) is 11.5 Å². The fraction of sp³-hybridized carbons (Fsp3) is 0.333. The lowest BCUT2D eigenvalue weighted by Gasteiger charge is -2.14. The lowest BCUT2D eigenvalue weighted by molar-refractivity contribution is 0.621. The molecular weight excluding hydrogens is 448 g/mol. The summed E-state index contributed by atoms with van der Waals surface area (Å²) in [5.74, 6) is 1.10. The highest BCUT2D eigenvalue weighted by Gasteiger charge is 2.23. The predicted octanol–water partition coefficient (Wildman–Crippen LogP) is 4.89. The van der Waals surface area contributed by atoms with Gasteiger partial charge in [-0.1, -0.05) is 12.8 Å². The number of hydrogen-bond donors (Lipinski definition) is 1. The third-order valence-corrected chi connectivity index (χ3v) is 5.57. The first-order valence-electron chi connectivity index (χ1n) is 6.84. The molecule has 1 aromatic carbocycles. The smallest absolute Gasteiger partial charge is 0.161 e. The van der Waals surface area contributed by atoms with Crippen LogP contribution in [0.4, 0.5) is 10.2 Å². The molecular formula is C15H14BrFIN3. The highest BCUT2D eigenvalue weighted by atomic mass is 127. The number of rotatable bonds is 2. The Hall–Kier alpha value is -0.760. The van der Waals surface area contributed by atoms with E-state index in [1.54, 1.807) is 12.1 Å². The average molecular weight is 462 g/mol. The first-order chi connectivity index (χ1) is 10.1. The molecule has 1 fully saturated rings. The molecule has 0 spiro atoms. The molecule has 21 heavy (non-hydrogen) atoms. The van der Waals surface area contributed by atoms with Gasteiger partial charge in [0.15, 0.2) is 5.82 Å². The predicted molar refractivity (Wildman–Crippen MR) is 93.5 cm³/mol. The summed E-state index contributed by atoms with van der Waals surface area (Å²) in [6, 6.07) is 4.90. The van der Waals surface area contributed by atoms with E-state index in [0.717, 1.165) is 22.1 Å². The van der Waals surface area contributed by atoms with Crippen molar-refractivity contribution in [1.82, 2.24) is 9.97 Å². The van der Waals surface area contributed by atoms with Crippen molar-refractivity contribution in [3.63, 3.8) is 0 Å². The van der Waals surface area contributed by atoms with Gasteiger partial charge in [0.2, 0.25) is 0 Å². The number of nitrogens with two attached hydrogens (primary N) is 1. The molecule has 0 bridgehead atoms. The molecule has 2 aromatic rings. The number of nitrogen functional groups attached to an aromatic ring is 1. The second kappa shape index (κ2) is 6.16. The van der Waals surface area contributed by atoms with Gasteiger partial charge in [-0.05, 0) is 69.6 Å². The molecule has 1 aliphatic carbocycles. The Morgan fingerprint density at radius 3 is 2.62 bits per heavy atom. The van der Waals surface area contributed by atoms with Crippen LogP contribution in [0, 0.1) is 9.39 Å². The summed E-state index contributed by atoms with van der Waals surface area (Å²) in [6.45, 7) is 0. The summed E-state index contributed by atoms with van der Waals surface area (Å²) >= 11 is 5.37. The van der Waals surface area contributed by atoms with E-state index in [1.807, 2.05) is 0 Å². The molecule has 1 aromatic heterocycles. The van der Waals surface area contributed by atoms with Gasteiger partial charge in [-0.3, -0.25) is 0 Å². The zero-order valence-electron chi connectivity index (χ0n) is 11.2. The van der Waals surface area contributed by atoms with Gasteiger partial charge >= 0.3 is 0 Å². The van der Waals surface area contributed by atoms with Crippen molar-refractivity contribution in [2.45, 2.75) is 31.6 Å². The van der Waals surface area contributed by atoms with E-state index >= 15 is 0 Å². The Labute approximate surface area is 144 Å². The van der Waals surface area contributed by atoms with E-state index < -0.39 is 0 Å². The molecule has 0 unspecified atom stereocenters. The normalized spacial score (nSPS) is 15.6. The zero-order valence-corrected chi connectivity index (χ0v) is 15.0. The topological polar surface area (TPSA) is 51.8 Å². The number of aromatic nitrogens is 2. The van der Waals surface area contributed by atoms with Gasteiger partial charge in [0.05, 0.1) is 13.7 Å². The van der Waals surface area contributed by atoms with Gasteiger partial charge in [-0.2, -0.15) is 0 Å². The van der Waals surface area contributed by atoms with Crippen molar-refractivity contribution in [3.8, 4) is 11.4 Å². The van der Waals surface area contributed by atoms with E-state index in [1.165, 1.54) is 18.9 Å². The molecule has 1 aliphatic rings. The summed E-state index contributed by atoms with van der Waals surface area (Å²) in [4.78, 5) is 9.00. The first kappa shape index (κ1) is 15.1. The van der Waals surface area contributed by atoms with E-state index in [2.05, 4.69) is 48.5 Å². The number of halogens is 3. The lowest BCUT2D eigenvalue weighted by atomic mass is 10.0. The van der Waals surface area contributed by atoms with Gasteiger partial charge in [-0.25, -0.2) is 14.4 Å². The van der Waals surface area contributed by atoms with Gasteiger partial charge in [0.25, 0.3) is 0 Å². The van der Waals surface area contributed by atoms with Gasteiger partial charge in [-0.15, -0.1) is 0 Å². The molecule has 0 aliphatic heterocycles. The van der Waals surface area contributed by atoms with E-state index in [0.29, 0.717) is 27.6 Å². The molecule has 0 atom stereocenters. The van der Waals surface area contributed by atoms with Crippen LogP contribution in [-0.4, -0.2) is 9.97 Å². The Balaban J connectivity index is 2.08. The minimum absolute atomic E-state index is 0.323. The summed E-state index contributed by atoms with van der Waals surface area (Å²) in [7, 11) is 0. The molecule has 6 heteroatoms. The second-order valence-corrected chi connectivity index (χ2v) is 7.18. The number of anilines is 1. The van der Waals surface area contributed by atoms with E-state index in [4.69, 9.17) is 5.73 Å². The van der Waals surface area contributed by atoms with Crippen LogP contribution < -0.4 is 5.73 Å². The Bertz CT molecular complexity index is 687. The van der Waals surface area contributed by atoms with Crippen molar-refractivity contribution in [2.75, 3.05) is 5.73 Å². The molecule has 110 valence electrons. The maximum atomic E-state index is 13.7. The largest absolute Gasteiger partial charge is 0.383 e. The first-order valence-corrected chi connectivity index (χ1v) is 8.72. The highest BCUT2D eigenvalue weighted by molar-refractivity contribution is 14.1. The highest BCUT2D eigenvalue weighted by Crippen LogP contribution is 2.37. The van der Waals surface area contributed by atoms with Crippen LogP contribution in [-0.2, 0) is 0 Å². The van der Waals surface area contributed by atoms with Gasteiger partial charge < -0.3 is 5.73 Å². The maximum Gasteiger partial charge on any atom is 0.161 e. The maximum absolute atomic E-state index is 13.7. The number of benzene rings is 1. The van der Waals surface area contributed by atoms with Crippen LogP contribution in [0.1, 0.15) is 37.3 Å². The summed E-state index contributed by atoms with van der Waals surface area (Å²) < 4.78 is 15.1. The van der Waals surface area contributed by atoms with Crippen molar-refractivity contribution in [3.05, 3.63) is 37.8 Å². The minimum Gasteiger partial charge on any atom is -0.383 e. The fourth-order valence-corrected chi connectivity index (χ4v) is 3.64. The quantitative estimate of drug-likeness (QED) is 0.648. The van der Waals surface area contributed by atoms with E-state index in [-0.39, 0.29) is 5.82 Å². The number of nitrogens with zero attached hydrogens (tertiary/aromatic N) is 2. The van der Waals surface area contributed by atoms with Crippen molar-refractivity contribution in [1.29, 1.82) is 0 Å². The summed E-state index contributed by atoms with van der Waals surface area (Å²) in [6.07, 6.45) is 4.74. The minimum atomic E-state index is -0.323. The molecule has 1 saturated carbocycles. The molecule has 0 saturated heterocycles. The SMILES string of the molecule is Nc1nc(-c2ccc(Br)c(F)c2)nc(C2CCCC2)c1I. The third kappa shape index (κ3) is 3.06. The Morgan fingerprint density at radius 2 is 1.95 bits per heavy atom. The Kier molecular flexibility index (Phi) is 4.44. The van der Waals surface area contributed by atoms with Crippen LogP contribution in [0.2, 0.25) is 0 Å². The average Bonchev–Trinajstić information content (AvgIpc) is 2.98. The Morgan fingerprint density at radius 1 is 1.24 bits per heavy atom. The van der Waals surface area contributed by atoms with Crippen molar-refractivity contribution < 1.29 is 4.39 Å². The fourth-order valence-electron chi connectivity index (χ4n) is 2.72. The van der Waals surface area contributed by atoms with Crippen LogP contribution in [0.5, 0.6) is 0 Å². The molecule has 2 N–H and O–H groups in total. The second-order valence-electron chi connectivity index (χ2n) is 5.24. The molecule has 3 nitrogen and oxygen atoms in total. The standard InChI is InChI=1S/C15H14BrFIN3/c16-10-6-5-9(7-11(10)17)15-20-13(8-3-1-2-4-8)12(18)14(19)21-15/h5-8H,1-4H2,(H2,19,20,21). The van der Waals surface area contributed by atoms with E-state index in [9.17, 15) is 4.39 Å². The zero-order chi connectivity index (χ0) is 15.0. The summed E-state index contributed by atoms with van der Waals surface area (Å²) in [5.41, 5.74) is 7.70. The van der Waals surface area contributed by atoms with Gasteiger partial charge in [0.1, 0.15) is 11.6 Å². The van der Waals surface area contributed by atoms with Crippen molar-refractivity contribution >= 4 is 44.3 Å². The molecule has 0 radical (unpaired) electrons. The molecule has 0 amide bonds. The van der Waals surface area contributed by atoms with Crippen LogP contribution in [0.3, 0.4) is 0 Å².